The highest BCUT2D eigenvalue weighted by Gasteiger charge is 2.12. The van der Waals surface area contributed by atoms with Crippen molar-refractivity contribution in [1.29, 1.82) is 0 Å². The molecule has 0 aliphatic heterocycles. The van der Waals surface area contributed by atoms with E-state index in [-0.39, 0.29) is 0 Å². The molecule has 2 heterocycles. The molecule has 3 nitrogen and oxygen atoms in total. The predicted octanol–water partition coefficient (Wildman–Crippen LogP) is 2.95. The van der Waals surface area contributed by atoms with Gasteiger partial charge in [-0.2, -0.15) is 0 Å². The Morgan fingerprint density at radius 2 is 2.00 bits per heavy atom. The van der Waals surface area contributed by atoms with Gasteiger partial charge in [-0.15, -0.1) is 11.3 Å². The molecular formula is C12H11N3S. The average molecular weight is 229 g/mol. The Kier molecular flexibility index (Phi) is 1.97. The van der Waals surface area contributed by atoms with Crippen molar-refractivity contribution in [2.45, 2.75) is 6.92 Å². The topological polar surface area (TPSA) is 43.3 Å². The number of rotatable bonds is 1. The molecule has 4 heteroatoms. The number of thiazole rings is 1. The van der Waals surface area contributed by atoms with E-state index < -0.39 is 0 Å². The zero-order valence-electron chi connectivity index (χ0n) is 8.84. The SMILES string of the molecule is Cc1nc2scc(-c3ccccc3)n2c1N. The molecule has 0 saturated carbocycles. The van der Waals surface area contributed by atoms with E-state index in [0.29, 0.717) is 0 Å². The zero-order valence-corrected chi connectivity index (χ0v) is 9.66. The van der Waals surface area contributed by atoms with E-state index in [4.69, 9.17) is 5.73 Å². The first-order valence-corrected chi connectivity index (χ1v) is 5.93. The fourth-order valence-electron chi connectivity index (χ4n) is 1.79. The van der Waals surface area contributed by atoms with Gasteiger partial charge in [0.05, 0.1) is 11.4 Å². The van der Waals surface area contributed by atoms with Crippen LogP contribution < -0.4 is 5.73 Å². The van der Waals surface area contributed by atoms with Crippen LogP contribution in [0, 0.1) is 6.92 Å². The van der Waals surface area contributed by atoms with Gasteiger partial charge in [0.15, 0.2) is 4.96 Å². The number of fused-ring (bicyclic) bond motifs is 1. The monoisotopic (exact) mass is 229 g/mol. The number of hydrogen-bond acceptors (Lipinski definition) is 3. The second-order valence-corrected chi connectivity index (χ2v) is 4.52. The molecule has 0 radical (unpaired) electrons. The van der Waals surface area contributed by atoms with Crippen LogP contribution in [-0.2, 0) is 0 Å². The van der Waals surface area contributed by atoms with Gasteiger partial charge in [-0.05, 0) is 12.5 Å². The number of nitrogens with two attached hydrogens (primary N) is 1. The maximum atomic E-state index is 6.03. The Bertz CT molecular complexity index is 637. The smallest absolute Gasteiger partial charge is 0.196 e. The van der Waals surface area contributed by atoms with Crippen LogP contribution in [-0.4, -0.2) is 9.38 Å². The van der Waals surface area contributed by atoms with Gasteiger partial charge in [0.2, 0.25) is 0 Å². The lowest BCUT2D eigenvalue weighted by Crippen LogP contribution is -1.94. The number of aromatic nitrogens is 2. The molecule has 16 heavy (non-hydrogen) atoms. The summed E-state index contributed by atoms with van der Waals surface area (Å²) < 4.78 is 2.01. The number of hydrogen-bond donors (Lipinski definition) is 1. The van der Waals surface area contributed by atoms with Crippen molar-refractivity contribution >= 4 is 22.1 Å². The lowest BCUT2D eigenvalue weighted by molar-refractivity contribution is 1.24. The third-order valence-corrected chi connectivity index (χ3v) is 3.48. The van der Waals surface area contributed by atoms with E-state index in [1.807, 2.05) is 29.5 Å². The van der Waals surface area contributed by atoms with E-state index in [1.54, 1.807) is 11.3 Å². The van der Waals surface area contributed by atoms with Crippen LogP contribution in [0.4, 0.5) is 5.82 Å². The van der Waals surface area contributed by atoms with E-state index in [1.165, 1.54) is 0 Å². The molecule has 2 N–H and O–H groups in total. The highest BCUT2D eigenvalue weighted by atomic mass is 32.1. The minimum atomic E-state index is 0.732. The van der Waals surface area contributed by atoms with E-state index in [9.17, 15) is 0 Å². The summed E-state index contributed by atoms with van der Waals surface area (Å²) in [5.41, 5.74) is 9.20. The molecule has 0 atom stereocenters. The number of nitrogen functional groups attached to an aromatic ring is 1. The summed E-state index contributed by atoms with van der Waals surface area (Å²) in [4.78, 5) is 5.37. The number of benzene rings is 1. The lowest BCUT2D eigenvalue weighted by atomic mass is 10.2. The summed E-state index contributed by atoms with van der Waals surface area (Å²) in [6.07, 6.45) is 0. The molecular weight excluding hydrogens is 218 g/mol. The summed E-state index contributed by atoms with van der Waals surface area (Å²) >= 11 is 1.62. The normalized spacial score (nSPS) is 11.1. The van der Waals surface area contributed by atoms with Crippen molar-refractivity contribution in [1.82, 2.24) is 9.38 Å². The molecule has 2 aromatic heterocycles. The minimum absolute atomic E-state index is 0.732. The standard InChI is InChI=1S/C12H11N3S/c1-8-11(13)15-10(7-16-12(15)14-8)9-5-3-2-4-6-9/h2-7H,13H2,1H3. The maximum absolute atomic E-state index is 6.03. The summed E-state index contributed by atoms with van der Waals surface area (Å²) in [7, 11) is 0. The quantitative estimate of drug-likeness (QED) is 0.697. The average Bonchev–Trinajstić information content (AvgIpc) is 2.83. The summed E-state index contributed by atoms with van der Waals surface area (Å²) in [6.45, 7) is 1.93. The third kappa shape index (κ3) is 1.23. The van der Waals surface area contributed by atoms with Gasteiger partial charge in [0.25, 0.3) is 0 Å². The molecule has 0 fully saturated rings. The Hall–Kier alpha value is -1.81. The molecule has 3 aromatic rings. The van der Waals surface area contributed by atoms with Crippen LogP contribution in [0.2, 0.25) is 0 Å². The molecule has 0 unspecified atom stereocenters. The molecule has 0 bridgehead atoms. The van der Waals surface area contributed by atoms with Crippen LogP contribution in [0.5, 0.6) is 0 Å². The van der Waals surface area contributed by atoms with Gasteiger partial charge in [-0.25, -0.2) is 4.98 Å². The van der Waals surface area contributed by atoms with Crippen LogP contribution in [0.15, 0.2) is 35.7 Å². The summed E-state index contributed by atoms with van der Waals surface area (Å²) in [5, 5.41) is 2.09. The zero-order chi connectivity index (χ0) is 11.1. The van der Waals surface area contributed by atoms with Crippen molar-refractivity contribution in [3.8, 4) is 11.3 Å². The molecule has 3 rings (SSSR count). The van der Waals surface area contributed by atoms with Gasteiger partial charge in [-0.3, -0.25) is 4.40 Å². The molecule has 0 aliphatic rings. The maximum Gasteiger partial charge on any atom is 0.196 e. The van der Waals surface area contributed by atoms with Crippen molar-refractivity contribution in [2.24, 2.45) is 0 Å². The molecule has 0 amide bonds. The summed E-state index contributed by atoms with van der Waals surface area (Å²) in [5.74, 6) is 0.732. The minimum Gasteiger partial charge on any atom is -0.383 e. The van der Waals surface area contributed by atoms with Gasteiger partial charge in [-0.1, -0.05) is 30.3 Å². The fourth-order valence-corrected chi connectivity index (χ4v) is 2.75. The fraction of sp³-hybridized carbons (Fsp3) is 0.0833. The van der Waals surface area contributed by atoms with Crippen molar-refractivity contribution < 1.29 is 0 Å². The first-order chi connectivity index (χ1) is 7.77. The lowest BCUT2D eigenvalue weighted by Gasteiger charge is -2.00. The predicted molar refractivity (Wildman–Crippen MR) is 67.7 cm³/mol. The molecule has 1 aromatic carbocycles. The number of anilines is 1. The van der Waals surface area contributed by atoms with E-state index in [0.717, 1.165) is 27.7 Å². The van der Waals surface area contributed by atoms with Crippen LogP contribution >= 0.6 is 11.3 Å². The third-order valence-electron chi connectivity index (χ3n) is 2.65. The second kappa shape index (κ2) is 3.35. The van der Waals surface area contributed by atoms with Crippen molar-refractivity contribution in [3.05, 3.63) is 41.4 Å². The largest absolute Gasteiger partial charge is 0.383 e. The Morgan fingerprint density at radius 3 is 2.75 bits per heavy atom. The summed E-state index contributed by atoms with van der Waals surface area (Å²) in [6, 6.07) is 10.2. The Labute approximate surface area is 97.2 Å². The second-order valence-electron chi connectivity index (χ2n) is 3.69. The highest BCUT2D eigenvalue weighted by molar-refractivity contribution is 7.15. The Morgan fingerprint density at radius 1 is 1.25 bits per heavy atom. The van der Waals surface area contributed by atoms with Crippen molar-refractivity contribution in [3.63, 3.8) is 0 Å². The van der Waals surface area contributed by atoms with Gasteiger partial charge >= 0.3 is 0 Å². The van der Waals surface area contributed by atoms with Gasteiger partial charge in [0.1, 0.15) is 5.82 Å². The number of nitrogens with zero attached hydrogens (tertiary/aromatic N) is 2. The van der Waals surface area contributed by atoms with Gasteiger partial charge < -0.3 is 5.73 Å². The van der Waals surface area contributed by atoms with Crippen LogP contribution in [0.3, 0.4) is 0 Å². The molecule has 0 spiro atoms. The van der Waals surface area contributed by atoms with Crippen molar-refractivity contribution in [2.75, 3.05) is 5.73 Å². The first kappa shape index (κ1) is 9.42. The molecule has 0 aliphatic carbocycles. The van der Waals surface area contributed by atoms with Crippen LogP contribution in [0.1, 0.15) is 5.69 Å². The van der Waals surface area contributed by atoms with E-state index >= 15 is 0 Å². The number of aryl methyl sites for hydroxylation is 1. The molecule has 0 saturated heterocycles. The highest BCUT2D eigenvalue weighted by Crippen LogP contribution is 2.29. The van der Waals surface area contributed by atoms with Crippen LogP contribution in [0.25, 0.3) is 16.2 Å². The van der Waals surface area contributed by atoms with Gasteiger partial charge in [0, 0.05) is 5.38 Å². The van der Waals surface area contributed by atoms with E-state index in [2.05, 4.69) is 22.5 Å². The molecule has 80 valence electrons. The Balaban J connectivity index is 2.32. The number of imidazole rings is 1. The first-order valence-electron chi connectivity index (χ1n) is 5.05.